The van der Waals surface area contributed by atoms with Gasteiger partial charge in [-0.2, -0.15) is 0 Å². The Kier molecular flexibility index (Phi) is 5.35. The lowest BCUT2D eigenvalue weighted by atomic mass is 10.1. The molecule has 0 spiro atoms. The van der Waals surface area contributed by atoms with Crippen LogP contribution in [-0.4, -0.2) is 57.1 Å². The second kappa shape index (κ2) is 6.32. The first-order valence-corrected chi connectivity index (χ1v) is 7.52. The third-order valence-corrected chi connectivity index (χ3v) is 4.80. The number of rotatable bonds is 5. The summed E-state index contributed by atoms with van der Waals surface area (Å²) in [7, 11) is -1.36. The molecule has 0 unspecified atom stereocenters. The summed E-state index contributed by atoms with van der Waals surface area (Å²) in [5, 5.41) is 5.67. The average molecular weight is 263 g/mol. The first-order valence-electron chi connectivity index (χ1n) is 5.91. The molecule has 0 aromatic carbocycles. The Morgan fingerprint density at radius 2 is 1.94 bits per heavy atom. The van der Waals surface area contributed by atoms with Gasteiger partial charge in [0, 0.05) is 19.1 Å². The van der Waals surface area contributed by atoms with E-state index in [2.05, 4.69) is 10.6 Å². The summed E-state index contributed by atoms with van der Waals surface area (Å²) < 4.78 is 24.7. The molecule has 6 nitrogen and oxygen atoms in total. The monoisotopic (exact) mass is 263 g/mol. The van der Waals surface area contributed by atoms with Crippen molar-refractivity contribution < 1.29 is 13.2 Å². The molecule has 1 amide bonds. The number of hydrogen-bond donors (Lipinski definition) is 2. The fourth-order valence-electron chi connectivity index (χ4n) is 1.90. The molecule has 100 valence electrons. The Labute approximate surface area is 103 Å². The van der Waals surface area contributed by atoms with E-state index in [1.807, 2.05) is 0 Å². The van der Waals surface area contributed by atoms with Crippen molar-refractivity contribution in [3.63, 3.8) is 0 Å². The van der Waals surface area contributed by atoms with Gasteiger partial charge < -0.3 is 10.6 Å². The van der Waals surface area contributed by atoms with E-state index in [1.54, 1.807) is 14.0 Å². The Morgan fingerprint density at radius 3 is 2.41 bits per heavy atom. The number of nitrogens with one attached hydrogen (secondary N) is 2. The molecule has 1 saturated heterocycles. The maximum Gasteiger partial charge on any atom is 0.234 e. The number of carbonyl (C=O) groups is 1. The standard InChI is InChI=1S/C10H21N3O3S/c1-3-17(15,16)13-6-4-9(5-7-13)12-10(14)8-11-2/h9,11H,3-8H2,1-2H3,(H,12,14). The molecule has 1 aliphatic heterocycles. The average Bonchev–Trinajstić information content (AvgIpc) is 2.30. The van der Waals surface area contributed by atoms with Crippen molar-refractivity contribution in [1.82, 2.24) is 14.9 Å². The van der Waals surface area contributed by atoms with Gasteiger partial charge in [-0.05, 0) is 26.8 Å². The van der Waals surface area contributed by atoms with Crippen LogP contribution in [0.25, 0.3) is 0 Å². The largest absolute Gasteiger partial charge is 0.352 e. The molecular formula is C10H21N3O3S. The quantitative estimate of drug-likeness (QED) is 0.676. The van der Waals surface area contributed by atoms with E-state index in [4.69, 9.17) is 0 Å². The lowest BCUT2D eigenvalue weighted by Gasteiger charge is -2.31. The van der Waals surface area contributed by atoms with Gasteiger partial charge in [0.05, 0.1) is 12.3 Å². The van der Waals surface area contributed by atoms with Crippen molar-refractivity contribution in [3.8, 4) is 0 Å². The minimum atomic E-state index is -3.08. The number of amides is 1. The molecule has 17 heavy (non-hydrogen) atoms. The molecule has 1 fully saturated rings. The molecule has 0 atom stereocenters. The van der Waals surface area contributed by atoms with Crippen molar-refractivity contribution in [2.75, 3.05) is 32.4 Å². The lowest BCUT2D eigenvalue weighted by molar-refractivity contribution is -0.121. The fraction of sp³-hybridized carbons (Fsp3) is 0.900. The van der Waals surface area contributed by atoms with Crippen LogP contribution in [0.5, 0.6) is 0 Å². The Bertz CT molecular complexity index is 348. The van der Waals surface area contributed by atoms with Crippen LogP contribution in [-0.2, 0) is 14.8 Å². The second-order valence-electron chi connectivity index (χ2n) is 4.17. The summed E-state index contributed by atoms with van der Waals surface area (Å²) in [5.41, 5.74) is 0. The minimum absolute atomic E-state index is 0.0377. The van der Waals surface area contributed by atoms with Gasteiger partial charge in [0.2, 0.25) is 15.9 Å². The molecule has 1 heterocycles. The number of likely N-dealkylation sites (N-methyl/N-ethyl adjacent to an activating group) is 1. The Balaban J connectivity index is 2.38. The number of sulfonamides is 1. The molecule has 7 heteroatoms. The van der Waals surface area contributed by atoms with Crippen LogP contribution < -0.4 is 10.6 Å². The molecule has 2 N–H and O–H groups in total. The summed E-state index contributed by atoms with van der Waals surface area (Å²) in [6.45, 7) is 2.95. The van der Waals surface area contributed by atoms with Gasteiger partial charge in [-0.25, -0.2) is 12.7 Å². The van der Waals surface area contributed by atoms with Crippen LogP contribution in [0.3, 0.4) is 0 Å². The molecule has 0 aliphatic carbocycles. The lowest BCUT2D eigenvalue weighted by Crippen LogP contribution is -2.48. The van der Waals surface area contributed by atoms with E-state index in [1.165, 1.54) is 4.31 Å². The van der Waals surface area contributed by atoms with E-state index in [0.717, 1.165) is 0 Å². The van der Waals surface area contributed by atoms with Gasteiger partial charge >= 0.3 is 0 Å². The molecular weight excluding hydrogens is 242 g/mol. The Hall–Kier alpha value is -0.660. The number of piperidine rings is 1. The van der Waals surface area contributed by atoms with Gasteiger partial charge in [-0.3, -0.25) is 4.79 Å². The van der Waals surface area contributed by atoms with E-state index in [9.17, 15) is 13.2 Å². The molecule has 0 bridgehead atoms. The summed E-state index contributed by atoms with van der Waals surface area (Å²) in [6, 6.07) is 0.0964. The molecule has 0 aromatic rings. The van der Waals surface area contributed by atoms with E-state index < -0.39 is 10.0 Å². The molecule has 0 aromatic heterocycles. The topological polar surface area (TPSA) is 78.5 Å². The Morgan fingerprint density at radius 1 is 1.35 bits per heavy atom. The van der Waals surface area contributed by atoms with E-state index >= 15 is 0 Å². The van der Waals surface area contributed by atoms with Crippen molar-refractivity contribution in [2.24, 2.45) is 0 Å². The summed E-state index contributed by atoms with van der Waals surface area (Å²) in [4.78, 5) is 11.3. The van der Waals surface area contributed by atoms with Crippen molar-refractivity contribution in [1.29, 1.82) is 0 Å². The van der Waals surface area contributed by atoms with Crippen LogP contribution in [0.15, 0.2) is 0 Å². The predicted molar refractivity (Wildman–Crippen MR) is 66.1 cm³/mol. The minimum Gasteiger partial charge on any atom is -0.352 e. The third kappa shape index (κ3) is 4.25. The van der Waals surface area contributed by atoms with Crippen LogP contribution in [0.1, 0.15) is 19.8 Å². The highest BCUT2D eigenvalue weighted by Gasteiger charge is 2.27. The maximum atomic E-state index is 11.6. The normalized spacial score (nSPS) is 19.2. The smallest absolute Gasteiger partial charge is 0.234 e. The van der Waals surface area contributed by atoms with Gasteiger partial charge in [0.1, 0.15) is 0 Å². The maximum absolute atomic E-state index is 11.6. The SMILES string of the molecule is CCS(=O)(=O)N1CCC(NC(=O)CNC)CC1. The van der Waals surface area contributed by atoms with E-state index in [-0.39, 0.29) is 17.7 Å². The van der Waals surface area contributed by atoms with Crippen LogP contribution in [0.4, 0.5) is 0 Å². The van der Waals surface area contributed by atoms with Gasteiger partial charge in [0.15, 0.2) is 0 Å². The van der Waals surface area contributed by atoms with Gasteiger partial charge in [0.25, 0.3) is 0 Å². The van der Waals surface area contributed by atoms with Gasteiger partial charge in [-0.1, -0.05) is 0 Å². The zero-order chi connectivity index (χ0) is 12.9. The number of carbonyl (C=O) groups excluding carboxylic acids is 1. The van der Waals surface area contributed by atoms with E-state index in [0.29, 0.717) is 32.5 Å². The van der Waals surface area contributed by atoms with Crippen molar-refractivity contribution >= 4 is 15.9 Å². The highest BCUT2D eigenvalue weighted by molar-refractivity contribution is 7.89. The van der Waals surface area contributed by atoms with Gasteiger partial charge in [-0.15, -0.1) is 0 Å². The first-order chi connectivity index (χ1) is 7.99. The fourth-order valence-corrected chi connectivity index (χ4v) is 3.03. The first kappa shape index (κ1) is 14.4. The summed E-state index contributed by atoms with van der Waals surface area (Å²) in [5.74, 6) is 0.105. The van der Waals surface area contributed by atoms with Crippen molar-refractivity contribution in [2.45, 2.75) is 25.8 Å². The summed E-state index contributed by atoms with van der Waals surface area (Å²) in [6.07, 6.45) is 1.38. The molecule has 0 saturated carbocycles. The zero-order valence-corrected chi connectivity index (χ0v) is 11.2. The summed E-state index contributed by atoms with van der Waals surface area (Å²) >= 11 is 0. The van der Waals surface area contributed by atoms with Crippen LogP contribution in [0, 0.1) is 0 Å². The zero-order valence-electron chi connectivity index (χ0n) is 10.4. The highest BCUT2D eigenvalue weighted by Crippen LogP contribution is 2.14. The molecule has 1 aliphatic rings. The highest BCUT2D eigenvalue weighted by atomic mass is 32.2. The molecule has 0 radical (unpaired) electrons. The predicted octanol–water partition coefficient (Wildman–Crippen LogP) is -0.864. The van der Waals surface area contributed by atoms with Crippen LogP contribution in [0.2, 0.25) is 0 Å². The van der Waals surface area contributed by atoms with Crippen molar-refractivity contribution in [3.05, 3.63) is 0 Å². The number of hydrogen-bond acceptors (Lipinski definition) is 4. The number of nitrogens with zero attached hydrogens (tertiary/aromatic N) is 1. The molecule has 1 rings (SSSR count). The third-order valence-electron chi connectivity index (χ3n) is 2.91. The second-order valence-corrected chi connectivity index (χ2v) is 6.43. The van der Waals surface area contributed by atoms with Crippen LogP contribution >= 0.6 is 0 Å².